The third kappa shape index (κ3) is 5.21. The molecule has 2 aromatic rings. The number of rotatable bonds is 8. The van der Waals surface area contributed by atoms with Gasteiger partial charge in [0.2, 0.25) is 0 Å². The summed E-state index contributed by atoms with van der Waals surface area (Å²) in [5.74, 6) is -0.0517. The molecule has 5 nitrogen and oxygen atoms in total. The Morgan fingerprint density at radius 2 is 2.00 bits per heavy atom. The number of hydrogen-bond acceptors (Lipinski definition) is 4. The molecule has 23 heavy (non-hydrogen) atoms. The molecule has 0 aliphatic carbocycles. The molecule has 124 valence electrons. The lowest BCUT2D eigenvalue weighted by atomic mass is 10.1. The first-order valence-electron chi connectivity index (χ1n) is 8.09. The summed E-state index contributed by atoms with van der Waals surface area (Å²) < 4.78 is 4.76. The molecular weight excluding hydrogens is 290 g/mol. The van der Waals surface area contributed by atoms with Crippen LogP contribution < -0.4 is 5.32 Å². The second kappa shape index (κ2) is 8.48. The van der Waals surface area contributed by atoms with Crippen LogP contribution in [0.1, 0.15) is 42.3 Å². The Morgan fingerprint density at radius 1 is 1.26 bits per heavy atom. The summed E-state index contributed by atoms with van der Waals surface area (Å²) in [5, 5.41) is 6.55. The van der Waals surface area contributed by atoms with E-state index >= 15 is 0 Å². The van der Waals surface area contributed by atoms with Crippen molar-refractivity contribution >= 4 is 5.91 Å². The van der Waals surface area contributed by atoms with Gasteiger partial charge in [0.25, 0.3) is 5.91 Å². The van der Waals surface area contributed by atoms with Crippen molar-refractivity contribution in [3.8, 4) is 0 Å². The van der Waals surface area contributed by atoms with Crippen LogP contribution in [0.3, 0.4) is 0 Å². The molecule has 0 fully saturated rings. The minimum atomic E-state index is -0.0517. The fraction of sp³-hybridized carbons (Fsp3) is 0.444. The normalized spacial score (nSPS) is 11.2. The lowest BCUT2D eigenvalue weighted by molar-refractivity contribution is 0.0954. The standard InChI is InChI=1S/C18H25N3O2/c1-4-21(14(2)3)12-15-5-7-17(8-6-15)18(22)19-10-9-16-11-20-23-13-16/h5-8,11,13-14H,4,9-10,12H2,1-3H3,(H,19,22). The van der Waals surface area contributed by atoms with Crippen LogP contribution in [-0.4, -0.2) is 35.1 Å². The fourth-order valence-corrected chi connectivity index (χ4v) is 2.43. The summed E-state index contributed by atoms with van der Waals surface area (Å²) in [6.07, 6.45) is 3.97. The zero-order valence-corrected chi connectivity index (χ0v) is 14.1. The number of aromatic nitrogens is 1. The monoisotopic (exact) mass is 315 g/mol. The highest BCUT2D eigenvalue weighted by molar-refractivity contribution is 5.94. The first kappa shape index (κ1) is 17.2. The van der Waals surface area contributed by atoms with Gasteiger partial charge in [-0.05, 0) is 44.5 Å². The van der Waals surface area contributed by atoms with Gasteiger partial charge in [-0.1, -0.05) is 24.2 Å². The molecule has 1 aromatic heterocycles. The number of amides is 1. The van der Waals surface area contributed by atoms with Crippen molar-refractivity contribution in [3.63, 3.8) is 0 Å². The third-order valence-corrected chi connectivity index (χ3v) is 3.92. The molecule has 0 spiro atoms. The van der Waals surface area contributed by atoms with Crippen LogP contribution in [-0.2, 0) is 13.0 Å². The van der Waals surface area contributed by atoms with Crippen LogP contribution in [0, 0.1) is 0 Å². The molecule has 0 unspecified atom stereocenters. The van der Waals surface area contributed by atoms with E-state index < -0.39 is 0 Å². The molecule has 0 radical (unpaired) electrons. The molecule has 0 aliphatic heterocycles. The molecule has 1 heterocycles. The van der Waals surface area contributed by atoms with Gasteiger partial charge in [-0.15, -0.1) is 0 Å². The second-order valence-electron chi connectivity index (χ2n) is 5.89. The number of hydrogen-bond donors (Lipinski definition) is 1. The summed E-state index contributed by atoms with van der Waals surface area (Å²) in [4.78, 5) is 14.5. The Balaban J connectivity index is 1.84. The maximum atomic E-state index is 12.1. The van der Waals surface area contributed by atoms with E-state index in [0.717, 1.165) is 18.7 Å². The Hall–Kier alpha value is -2.14. The van der Waals surface area contributed by atoms with Crippen LogP contribution in [0.15, 0.2) is 41.2 Å². The Bertz CT molecular complexity index is 591. The van der Waals surface area contributed by atoms with E-state index in [9.17, 15) is 4.79 Å². The fourth-order valence-electron chi connectivity index (χ4n) is 2.43. The van der Waals surface area contributed by atoms with Crippen LogP contribution in [0.25, 0.3) is 0 Å². The minimum absolute atomic E-state index is 0.0517. The predicted octanol–water partition coefficient (Wildman–Crippen LogP) is 2.88. The Kier molecular flexibility index (Phi) is 6.35. The lowest BCUT2D eigenvalue weighted by Crippen LogP contribution is -2.30. The Labute approximate surface area is 137 Å². The van der Waals surface area contributed by atoms with Crippen molar-refractivity contribution in [2.24, 2.45) is 0 Å². The maximum absolute atomic E-state index is 12.1. The predicted molar refractivity (Wildman–Crippen MR) is 90.2 cm³/mol. The average Bonchev–Trinajstić information content (AvgIpc) is 3.06. The number of nitrogens with one attached hydrogen (secondary N) is 1. The summed E-state index contributed by atoms with van der Waals surface area (Å²) in [6.45, 7) is 9.05. The summed E-state index contributed by atoms with van der Waals surface area (Å²) in [7, 11) is 0. The zero-order valence-electron chi connectivity index (χ0n) is 14.1. The molecule has 1 N–H and O–H groups in total. The van der Waals surface area contributed by atoms with E-state index in [2.05, 4.69) is 36.1 Å². The van der Waals surface area contributed by atoms with Crippen molar-refractivity contribution < 1.29 is 9.32 Å². The smallest absolute Gasteiger partial charge is 0.251 e. The van der Waals surface area contributed by atoms with Crippen molar-refractivity contribution in [3.05, 3.63) is 53.4 Å². The molecular formula is C18H25N3O2. The topological polar surface area (TPSA) is 58.4 Å². The molecule has 1 aromatic carbocycles. The van der Waals surface area contributed by atoms with Gasteiger partial charge in [0.05, 0.1) is 6.20 Å². The SMILES string of the molecule is CCN(Cc1ccc(C(=O)NCCc2cnoc2)cc1)C(C)C. The van der Waals surface area contributed by atoms with Gasteiger partial charge in [0, 0.05) is 30.3 Å². The first-order valence-corrected chi connectivity index (χ1v) is 8.09. The highest BCUT2D eigenvalue weighted by Gasteiger charge is 2.09. The summed E-state index contributed by atoms with van der Waals surface area (Å²) in [5.41, 5.74) is 2.89. The van der Waals surface area contributed by atoms with E-state index in [-0.39, 0.29) is 5.91 Å². The van der Waals surface area contributed by atoms with Gasteiger partial charge in [-0.25, -0.2) is 0 Å². The van der Waals surface area contributed by atoms with Crippen molar-refractivity contribution in [2.75, 3.05) is 13.1 Å². The van der Waals surface area contributed by atoms with E-state index in [1.54, 1.807) is 12.5 Å². The molecule has 0 atom stereocenters. The third-order valence-electron chi connectivity index (χ3n) is 3.92. The van der Waals surface area contributed by atoms with Gasteiger partial charge in [-0.3, -0.25) is 9.69 Å². The molecule has 0 aliphatic rings. The van der Waals surface area contributed by atoms with Crippen LogP contribution in [0.4, 0.5) is 0 Å². The number of benzene rings is 1. The molecule has 1 amide bonds. The van der Waals surface area contributed by atoms with Crippen molar-refractivity contribution in [2.45, 2.75) is 39.8 Å². The number of nitrogens with zero attached hydrogens (tertiary/aromatic N) is 2. The number of carbonyl (C=O) groups is 1. The molecule has 0 saturated carbocycles. The van der Waals surface area contributed by atoms with Gasteiger partial charge < -0.3 is 9.84 Å². The quantitative estimate of drug-likeness (QED) is 0.814. The van der Waals surface area contributed by atoms with E-state index in [0.29, 0.717) is 24.6 Å². The maximum Gasteiger partial charge on any atom is 0.251 e. The molecule has 2 rings (SSSR count). The number of carbonyl (C=O) groups excluding carboxylic acids is 1. The summed E-state index contributed by atoms with van der Waals surface area (Å²) >= 11 is 0. The van der Waals surface area contributed by atoms with Crippen LogP contribution >= 0.6 is 0 Å². The highest BCUT2D eigenvalue weighted by Crippen LogP contribution is 2.10. The van der Waals surface area contributed by atoms with Gasteiger partial charge in [0.15, 0.2) is 0 Å². The van der Waals surface area contributed by atoms with Crippen LogP contribution in [0.5, 0.6) is 0 Å². The highest BCUT2D eigenvalue weighted by atomic mass is 16.5. The van der Waals surface area contributed by atoms with E-state index in [1.807, 2.05) is 24.3 Å². The van der Waals surface area contributed by atoms with Crippen LogP contribution in [0.2, 0.25) is 0 Å². The first-order chi connectivity index (χ1) is 11.1. The van der Waals surface area contributed by atoms with E-state index in [1.165, 1.54) is 5.56 Å². The molecule has 0 bridgehead atoms. The van der Waals surface area contributed by atoms with E-state index in [4.69, 9.17) is 4.52 Å². The average molecular weight is 315 g/mol. The largest absolute Gasteiger partial charge is 0.364 e. The van der Waals surface area contributed by atoms with Crippen molar-refractivity contribution in [1.82, 2.24) is 15.4 Å². The van der Waals surface area contributed by atoms with Crippen molar-refractivity contribution in [1.29, 1.82) is 0 Å². The molecule has 5 heteroatoms. The van der Waals surface area contributed by atoms with Gasteiger partial charge >= 0.3 is 0 Å². The van der Waals surface area contributed by atoms with Gasteiger partial charge in [-0.2, -0.15) is 0 Å². The molecule has 0 saturated heterocycles. The summed E-state index contributed by atoms with van der Waals surface area (Å²) in [6, 6.07) is 8.34. The minimum Gasteiger partial charge on any atom is -0.364 e. The second-order valence-corrected chi connectivity index (χ2v) is 5.89. The lowest BCUT2D eigenvalue weighted by Gasteiger charge is -2.24. The van der Waals surface area contributed by atoms with Gasteiger partial charge in [0.1, 0.15) is 6.26 Å². The Morgan fingerprint density at radius 3 is 2.57 bits per heavy atom. The zero-order chi connectivity index (χ0) is 16.7.